The molecule has 4 rings (SSSR count). The molecule has 1 aliphatic rings. The fourth-order valence-corrected chi connectivity index (χ4v) is 3.27. The van der Waals surface area contributed by atoms with Crippen molar-refractivity contribution in [1.29, 1.82) is 0 Å². The van der Waals surface area contributed by atoms with E-state index in [1.165, 1.54) is 12.3 Å². The highest BCUT2D eigenvalue weighted by Gasteiger charge is 2.42. The fraction of sp³-hybridized carbons (Fsp3) is 0.130. The number of nitrogens with one attached hydrogen (secondary N) is 1. The number of hydrogen-bond acceptors (Lipinski definition) is 6. The van der Waals surface area contributed by atoms with Gasteiger partial charge >= 0.3 is 5.97 Å². The molecule has 2 heterocycles. The molecule has 3 N–H and O–H groups in total. The highest BCUT2D eigenvalue weighted by atomic mass is 16.6. The van der Waals surface area contributed by atoms with Gasteiger partial charge in [0.1, 0.15) is 5.75 Å². The van der Waals surface area contributed by atoms with E-state index in [1.807, 2.05) is 12.1 Å². The van der Waals surface area contributed by atoms with E-state index in [0.29, 0.717) is 22.6 Å². The second kappa shape index (κ2) is 7.91. The summed E-state index contributed by atoms with van der Waals surface area (Å²) in [5, 5.41) is 2.72. The number of pyridine rings is 1. The van der Waals surface area contributed by atoms with Crippen molar-refractivity contribution in [2.45, 2.75) is 18.9 Å². The van der Waals surface area contributed by atoms with Gasteiger partial charge in [0.05, 0.1) is 17.4 Å². The van der Waals surface area contributed by atoms with E-state index in [4.69, 9.17) is 15.2 Å². The summed E-state index contributed by atoms with van der Waals surface area (Å²) < 4.78 is 11.1. The van der Waals surface area contributed by atoms with E-state index in [0.717, 1.165) is 5.56 Å². The summed E-state index contributed by atoms with van der Waals surface area (Å²) in [5.41, 5.74) is 5.89. The lowest BCUT2D eigenvalue weighted by Gasteiger charge is -2.32. The lowest BCUT2D eigenvalue weighted by atomic mass is 9.89. The Hall–Kier alpha value is -4.20. The van der Waals surface area contributed by atoms with Gasteiger partial charge in [-0.1, -0.05) is 24.3 Å². The molecule has 1 aliphatic heterocycles. The lowest BCUT2D eigenvalue weighted by Crippen LogP contribution is -2.48. The number of esters is 1. The van der Waals surface area contributed by atoms with Crippen molar-refractivity contribution >= 4 is 23.5 Å². The summed E-state index contributed by atoms with van der Waals surface area (Å²) in [6, 6.07) is 16.6. The standard InChI is InChI=1S/C23H19N3O5/c1-23(12-15-5-2-3-8-18(15)21(28)31-23)22(29)26-16-9-10-19(25-13-16)30-17-7-4-6-14(11-17)20(24)27/h2-11,13H,12H2,1H3,(H2,24,27)(H,26,29). The minimum Gasteiger partial charge on any atom is -0.445 e. The lowest BCUT2D eigenvalue weighted by molar-refractivity contribution is -0.134. The highest BCUT2D eigenvalue weighted by Crippen LogP contribution is 2.29. The van der Waals surface area contributed by atoms with Gasteiger partial charge in [-0.15, -0.1) is 0 Å². The van der Waals surface area contributed by atoms with Gasteiger partial charge in [0.15, 0.2) is 5.60 Å². The van der Waals surface area contributed by atoms with Crippen LogP contribution in [0.4, 0.5) is 5.69 Å². The van der Waals surface area contributed by atoms with E-state index in [9.17, 15) is 14.4 Å². The molecule has 31 heavy (non-hydrogen) atoms. The molecular formula is C23H19N3O5. The van der Waals surface area contributed by atoms with Gasteiger partial charge in [0.2, 0.25) is 11.8 Å². The summed E-state index contributed by atoms with van der Waals surface area (Å²) in [7, 11) is 0. The summed E-state index contributed by atoms with van der Waals surface area (Å²) in [6.45, 7) is 1.58. The van der Waals surface area contributed by atoms with Gasteiger partial charge in [-0.25, -0.2) is 9.78 Å². The maximum Gasteiger partial charge on any atom is 0.339 e. The topological polar surface area (TPSA) is 121 Å². The minimum absolute atomic E-state index is 0.267. The molecule has 0 saturated heterocycles. The Morgan fingerprint density at radius 2 is 1.94 bits per heavy atom. The quantitative estimate of drug-likeness (QED) is 0.616. The molecule has 2 aromatic carbocycles. The van der Waals surface area contributed by atoms with Crippen LogP contribution in [0, 0.1) is 0 Å². The van der Waals surface area contributed by atoms with Gasteiger partial charge in [-0.3, -0.25) is 9.59 Å². The van der Waals surface area contributed by atoms with E-state index < -0.39 is 23.4 Å². The first-order valence-electron chi connectivity index (χ1n) is 9.50. The molecule has 2 amide bonds. The van der Waals surface area contributed by atoms with Gasteiger partial charge in [0.25, 0.3) is 5.91 Å². The normalized spacial score (nSPS) is 17.3. The summed E-state index contributed by atoms with van der Waals surface area (Å²) in [5.74, 6) is -0.875. The first-order valence-corrected chi connectivity index (χ1v) is 9.50. The Kier molecular flexibility index (Phi) is 5.12. The highest BCUT2D eigenvalue weighted by molar-refractivity contribution is 6.02. The Morgan fingerprint density at radius 1 is 1.13 bits per heavy atom. The average molecular weight is 417 g/mol. The third-order valence-electron chi connectivity index (χ3n) is 4.90. The van der Waals surface area contributed by atoms with E-state index >= 15 is 0 Å². The third kappa shape index (κ3) is 4.23. The number of benzene rings is 2. The summed E-state index contributed by atoms with van der Waals surface area (Å²) in [4.78, 5) is 40.5. The van der Waals surface area contributed by atoms with Crippen LogP contribution in [0.5, 0.6) is 11.6 Å². The zero-order chi connectivity index (χ0) is 22.0. The van der Waals surface area contributed by atoms with Crippen molar-refractivity contribution in [3.05, 3.63) is 83.6 Å². The number of rotatable bonds is 5. The Balaban J connectivity index is 1.44. The molecule has 1 unspecified atom stereocenters. The molecule has 156 valence electrons. The van der Waals surface area contributed by atoms with Crippen LogP contribution in [0.1, 0.15) is 33.2 Å². The van der Waals surface area contributed by atoms with Crippen LogP contribution >= 0.6 is 0 Å². The number of nitrogens with zero attached hydrogens (tertiary/aromatic N) is 1. The maximum atomic E-state index is 12.8. The molecule has 0 radical (unpaired) electrons. The summed E-state index contributed by atoms with van der Waals surface area (Å²) >= 11 is 0. The predicted molar refractivity (Wildman–Crippen MR) is 112 cm³/mol. The van der Waals surface area contributed by atoms with E-state index in [-0.39, 0.29) is 12.3 Å². The molecule has 0 spiro atoms. The molecular weight excluding hydrogens is 398 g/mol. The number of ether oxygens (including phenoxy) is 2. The van der Waals surface area contributed by atoms with Crippen molar-refractivity contribution in [3.63, 3.8) is 0 Å². The predicted octanol–water partition coefficient (Wildman–Crippen LogP) is 3.08. The van der Waals surface area contributed by atoms with Crippen molar-refractivity contribution in [2.24, 2.45) is 5.73 Å². The molecule has 3 aromatic rings. The van der Waals surface area contributed by atoms with Crippen molar-refractivity contribution in [3.8, 4) is 11.6 Å². The number of carbonyl (C=O) groups is 3. The Labute approximate surface area is 178 Å². The molecule has 8 nitrogen and oxygen atoms in total. The van der Waals surface area contributed by atoms with Gasteiger partial charge < -0.3 is 20.5 Å². The number of hydrogen-bond donors (Lipinski definition) is 2. The number of anilines is 1. The molecule has 0 aliphatic carbocycles. The van der Waals surface area contributed by atoms with Gasteiger partial charge in [-0.2, -0.15) is 0 Å². The molecule has 0 saturated carbocycles. The number of amides is 2. The zero-order valence-corrected chi connectivity index (χ0v) is 16.6. The smallest absolute Gasteiger partial charge is 0.339 e. The van der Waals surface area contributed by atoms with E-state index in [2.05, 4.69) is 10.3 Å². The zero-order valence-electron chi connectivity index (χ0n) is 16.6. The van der Waals surface area contributed by atoms with E-state index in [1.54, 1.807) is 49.4 Å². The van der Waals surface area contributed by atoms with Crippen LogP contribution in [0.15, 0.2) is 66.9 Å². The third-order valence-corrected chi connectivity index (χ3v) is 4.90. The first-order chi connectivity index (χ1) is 14.8. The van der Waals surface area contributed by atoms with Gasteiger partial charge in [-0.05, 0) is 42.8 Å². The van der Waals surface area contributed by atoms with Crippen LogP contribution in [0.2, 0.25) is 0 Å². The molecule has 1 aromatic heterocycles. The summed E-state index contributed by atoms with van der Waals surface area (Å²) in [6.07, 6.45) is 1.69. The first kappa shape index (κ1) is 20.1. The average Bonchev–Trinajstić information content (AvgIpc) is 2.75. The number of cyclic esters (lactones) is 1. The Bertz CT molecular complexity index is 1180. The number of carbonyl (C=O) groups excluding carboxylic acids is 3. The number of primary amides is 1. The maximum absolute atomic E-state index is 12.8. The minimum atomic E-state index is -1.34. The number of nitrogens with two attached hydrogens (primary N) is 1. The Morgan fingerprint density at radius 3 is 2.68 bits per heavy atom. The van der Waals surface area contributed by atoms with Crippen molar-refractivity contribution < 1.29 is 23.9 Å². The van der Waals surface area contributed by atoms with Crippen LogP contribution in [0.25, 0.3) is 0 Å². The fourth-order valence-electron chi connectivity index (χ4n) is 3.27. The molecule has 0 bridgehead atoms. The molecule has 1 atom stereocenters. The van der Waals surface area contributed by atoms with Crippen LogP contribution < -0.4 is 15.8 Å². The van der Waals surface area contributed by atoms with Crippen molar-refractivity contribution in [1.82, 2.24) is 4.98 Å². The van der Waals surface area contributed by atoms with Crippen LogP contribution in [-0.4, -0.2) is 28.4 Å². The molecule has 0 fully saturated rings. The van der Waals surface area contributed by atoms with Gasteiger partial charge in [0, 0.05) is 18.1 Å². The second-order valence-corrected chi connectivity index (χ2v) is 7.29. The molecule has 8 heteroatoms. The van der Waals surface area contributed by atoms with Crippen LogP contribution in [0.3, 0.4) is 0 Å². The second-order valence-electron chi connectivity index (χ2n) is 7.29. The number of aromatic nitrogens is 1. The SMILES string of the molecule is CC1(C(=O)Nc2ccc(Oc3cccc(C(N)=O)c3)nc2)Cc2ccccc2C(=O)O1. The van der Waals surface area contributed by atoms with Crippen molar-refractivity contribution in [2.75, 3.05) is 5.32 Å². The van der Waals surface area contributed by atoms with Crippen LogP contribution in [-0.2, 0) is 16.0 Å². The monoisotopic (exact) mass is 417 g/mol. The largest absolute Gasteiger partial charge is 0.445 e. The number of fused-ring (bicyclic) bond motifs is 1.